The third kappa shape index (κ3) is 14.6. The second-order valence-corrected chi connectivity index (χ2v) is 4.41. The van der Waals surface area contributed by atoms with Crippen molar-refractivity contribution in [1.29, 1.82) is 0 Å². The molecule has 1 atom stereocenters. The van der Waals surface area contributed by atoms with E-state index >= 15 is 0 Å². The van der Waals surface area contributed by atoms with Crippen LogP contribution in [0.4, 0.5) is 0 Å². The Morgan fingerprint density at radius 1 is 0.783 bits per heavy atom. The van der Waals surface area contributed by atoms with Gasteiger partial charge in [0.1, 0.15) is 0 Å². The molecule has 125 valence electrons. The average Bonchev–Trinajstić information content (AvgIpc) is 2.24. The van der Waals surface area contributed by atoms with E-state index in [-0.39, 0.29) is 53.2 Å². The van der Waals surface area contributed by atoms with Crippen molar-refractivity contribution < 1.29 is 86.2 Å². The van der Waals surface area contributed by atoms with Crippen LogP contribution in [0.3, 0.4) is 0 Å². The van der Waals surface area contributed by atoms with Crippen LogP contribution in [0, 0.1) is 0 Å². The fraction of sp³-hybridized carbons (Fsp3) is 0.636. The summed E-state index contributed by atoms with van der Waals surface area (Å²) in [6.07, 6.45) is 0. The number of carboxylic acids is 4. The number of carboxylic acid groups (broad SMARTS) is 4. The smallest absolute Gasteiger partial charge is 0.549 e. The summed E-state index contributed by atoms with van der Waals surface area (Å²) < 4.78 is 0. The van der Waals surface area contributed by atoms with Gasteiger partial charge < -0.3 is 39.6 Å². The molecule has 0 aromatic heterocycles. The van der Waals surface area contributed by atoms with Crippen molar-refractivity contribution in [3.63, 3.8) is 0 Å². The molecule has 0 aromatic rings. The van der Waals surface area contributed by atoms with Crippen LogP contribution >= 0.6 is 0 Å². The molecule has 0 amide bonds. The van der Waals surface area contributed by atoms with Gasteiger partial charge in [0.15, 0.2) is 0 Å². The first kappa shape index (κ1) is 27.2. The van der Waals surface area contributed by atoms with E-state index in [2.05, 4.69) is 0 Å². The van der Waals surface area contributed by atoms with E-state index in [0.717, 1.165) is 9.80 Å². The predicted octanol–water partition coefficient (Wildman–Crippen LogP) is -10.0. The summed E-state index contributed by atoms with van der Waals surface area (Å²) in [6, 6.07) is -0.778. The molecule has 12 heteroatoms. The molecule has 23 heavy (non-hydrogen) atoms. The summed E-state index contributed by atoms with van der Waals surface area (Å²) in [7, 11) is 0. The minimum Gasteiger partial charge on any atom is -0.549 e. The molecule has 0 aliphatic carbocycles. The summed E-state index contributed by atoms with van der Waals surface area (Å²) in [5.41, 5.74) is 0. The van der Waals surface area contributed by atoms with Gasteiger partial charge in [0.05, 0.1) is 23.9 Å². The van der Waals surface area contributed by atoms with E-state index in [0.29, 0.717) is 0 Å². The van der Waals surface area contributed by atoms with Gasteiger partial charge >= 0.3 is 46.6 Å². The Balaban J connectivity index is -0.00000200. The third-order valence-electron chi connectivity index (χ3n) is 2.52. The molecule has 1 radical (unpaired) electrons. The summed E-state index contributed by atoms with van der Waals surface area (Å²) in [4.78, 5) is 44.0. The first-order chi connectivity index (χ1) is 9.61. The fourth-order valence-corrected chi connectivity index (χ4v) is 1.74. The van der Waals surface area contributed by atoms with Crippen LogP contribution in [-0.2, 0) is 36.2 Å². The Hall–Kier alpha value is -0.681. The second-order valence-electron chi connectivity index (χ2n) is 4.41. The molecular weight excluding hydrogens is 367 g/mol. The molecular formula is C11H14FeN2NaO8. The topological polar surface area (TPSA) is 167 Å². The first-order valence-electron chi connectivity index (χ1n) is 5.87. The molecule has 0 rings (SSSR count). The van der Waals surface area contributed by atoms with Gasteiger partial charge in [-0.3, -0.25) is 9.80 Å². The normalized spacial score (nSPS) is 11.3. The van der Waals surface area contributed by atoms with Gasteiger partial charge in [-0.2, -0.15) is 0 Å². The van der Waals surface area contributed by atoms with Crippen molar-refractivity contribution in [2.24, 2.45) is 0 Å². The molecule has 10 nitrogen and oxygen atoms in total. The number of rotatable bonds is 11. The maximum absolute atomic E-state index is 10.5. The van der Waals surface area contributed by atoms with Crippen molar-refractivity contribution in [2.75, 3.05) is 32.7 Å². The summed E-state index contributed by atoms with van der Waals surface area (Å²) in [5, 5.41) is 42.1. The van der Waals surface area contributed by atoms with Gasteiger partial charge in [0, 0.05) is 38.8 Å². The Morgan fingerprint density at radius 3 is 1.35 bits per heavy atom. The molecule has 0 fully saturated rings. The van der Waals surface area contributed by atoms with Crippen LogP contribution in [0.5, 0.6) is 0 Å². The van der Waals surface area contributed by atoms with Crippen LogP contribution in [0.1, 0.15) is 6.92 Å². The largest absolute Gasteiger partial charge is 3.00 e. The third-order valence-corrected chi connectivity index (χ3v) is 2.52. The number of carbonyl (C=O) groups excluding carboxylic acids is 4. The van der Waals surface area contributed by atoms with Crippen LogP contribution in [0.25, 0.3) is 0 Å². The van der Waals surface area contributed by atoms with Crippen molar-refractivity contribution in [3.8, 4) is 0 Å². The molecule has 0 spiro atoms. The van der Waals surface area contributed by atoms with E-state index in [4.69, 9.17) is 0 Å². The van der Waals surface area contributed by atoms with Gasteiger partial charge in [-0.15, -0.1) is 0 Å². The zero-order chi connectivity index (χ0) is 16.6. The first-order valence-corrected chi connectivity index (χ1v) is 5.87. The SMILES string of the molecule is CC(CN(CC(=O)[O-])CC(=O)[O-])N(CC(=O)[O-])CC(=O)[O-].[Fe+3].[Na+]. The summed E-state index contributed by atoms with van der Waals surface area (Å²) >= 11 is 0. The predicted molar refractivity (Wildman–Crippen MR) is 57.5 cm³/mol. The molecule has 0 heterocycles. The van der Waals surface area contributed by atoms with E-state index < -0.39 is 56.1 Å². The minimum atomic E-state index is -1.53. The van der Waals surface area contributed by atoms with Gasteiger partial charge in [-0.05, 0) is 6.92 Å². The van der Waals surface area contributed by atoms with Crippen LogP contribution in [0.2, 0.25) is 0 Å². The number of hydrogen-bond acceptors (Lipinski definition) is 10. The number of nitrogens with zero attached hydrogens (tertiary/aromatic N) is 2. The molecule has 0 aromatic carbocycles. The van der Waals surface area contributed by atoms with Crippen LogP contribution in [-0.4, -0.2) is 72.4 Å². The van der Waals surface area contributed by atoms with E-state index in [1.165, 1.54) is 6.92 Å². The van der Waals surface area contributed by atoms with Crippen molar-refractivity contribution >= 4 is 23.9 Å². The quantitative estimate of drug-likeness (QED) is 0.314. The van der Waals surface area contributed by atoms with Gasteiger partial charge in [-0.25, -0.2) is 0 Å². The summed E-state index contributed by atoms with van der Waals surface area (Å²) in [5.74, 6) is -6.13. The monoisotopic (exact) mass is 381 g/mol. The van der Waals surface area contributed by atoms with Gasteiger partial charge in [0.2, 0.25) is 0 Å². The second kappa shape index (κ2) is 13.7. The molecule has 0 saturated carbocycles. The Bertz CT molecular complexity index is 391. The Morgan fingerprint density at radius 2 is 1.09 bits per heavy atom. The fourth-order valence-electron chi connectivity index (χ4n) is 1.74. The summed E-state index contributed by atoms with van der Waals surface area (Å²) in [6.45, 7) is -1.70. The molecule has 0 saturated heterocycles. The maximum Gasteiger partial charge on any atom is 3.00 e. The van der Waals surface area contributed by atoms with E-state index in [1.807, 2.05) is 0 Å². The Kier molecular flexibility index (Phi) is 16.2. The van der Waals surface area contributed by atoms with E-state index in [9.17, 15) is 39.6 Å². The molecule has 0 bridgehead atoms. The van der Waals surface area contributed by atoms with Gasteiger partial charge in [-0.1, -0.05) is 0 Å². The number of aliphatic carboxylic acids is 4. The zero-order valence-electron chi connectivity index (χ0n) is 12.6. The van der Waals surface area contributed by atoms with Crippen LogP contribution in [0.15, 0.2) is 0 Å². The molecule has 0 aliphatic heterocycles. The molecule has 0 aliphatic rings. The standard InChI is InChI=1S/C11H18N2O8.Fe.Na/c1-7(13(5-10(18)19)6-11(20)21)2-12(3-8(14)15)4-9(16)17;;/h7H,2-6H2,1H3,(H,14,15)(H,16,17)(H,18,19)(H,20,21);;/q;+3;+1/p-4. The van der Waals surface area contributed by atoms with Crippen LogP contribution < -0.4 is 50.0 Å². The molecule has 0 N–H and O–H groups in total. The maximum atomic E-state index is 10.5. The molecule has 1 unspecified atom stereocenters. The van der Waals surface area contributed by atoms with E-state index in [1.54, 1.807) is 0 Å². The van der Waals surface area contributed by atoms with Gasteiger partial charge in [0.25, 0.3) is 0 Å². The van der Waals surface area contributed by atoms with Crippen molar-refractivity contribution in [1.82, 2.24) is 9.80 Å². The van der Waals surface area contributed by atoms with Crippen molar-refractivity contribution in [3.05, 3.63) is 0 Å². The zero-order valence-corrected chi connectivity index (χ0v) is 15.7. The number of hydrogen-bond donors (Lipinski definition) is 0. The average molecular weight is 381 g/mol. The van der Waals surface area contributed by atoms with Crippen molar-refractivity contribution in [2.45, 2.75) is 13.0 Å². The Labute approximate surface area is 165 Å². The minimum absolute atomic E-state index is 0. The number of carbonyl (C=O) groups is 4.